The van der Waals surface area contributed by atoms with Gasteiger partial charge in [-0.2, -0.15) is 0 Å². The van der Waals surface area contributed by atoms with E-state index in [1.165, 1.54) is 128 Å². The third-order valence-electron chi connectivity index (χ3n) is 15.3. The Morgan fingerprint density at radius 3 is 1.36 bits per heavy atom. The van der Waals surface area contributed by atoms with Crippen molar-refractivity contribution in [1.29, 1.82) is 0 Å². The van der Waals surface area contributed by atoms with Gasteiger partial charge in [-0.05, 0) is 77.0 Å². The topological polar surface area (TPSA) is 228 Å². The average molecular weight is 1140 g/mol. The highest BCUT2D eigenvalue weighted by Gasteiger charge is 2.51. The van der Waals surface area contributed by atoms with Crippen LogP contribution in [0.4, 0.5) is 0 Å². The molecule has 468 valence electrons. The number of allylic oxidation sites excluding steroid dienone is 13. The molecule has 2 fully saturated rings. The Hall–Kier alpha value is -2.83. The summed E-state index contributed by atoms with van der Waals surface area (Å²) < 4.78 is 22.8. The number of amides is 1. The van der Waals surface area contributed by atoms with Crippen molar-refractivity contribution < 1.29 is 64.6 Å². The van der Waals surface area contributed by atoms with Crippen molar-refractivity contribution in [3.05, 3.63) is 85.1 Å². The molecule has 2 saturated heterocycles. The van der Waals surface area contributed by atoms with Gasteiger partial charge in [0.05, 0.1) is 32.0 Å². The summed E-state index contributed by atoms with van der Waals surface area (Å²) in [5.74, 6) is -0.269. The van der Waals surface area contributed by atoms with Crippen LogP contribution in [0.1, 0.15) is 239 Å². The van der Waals surface area contributed by atoms with E-state index in [0.29, 0.717) is 12.8 Å². The highest BCUT2D eigenvalue weighted by Crippen LogP contribution is 2.30. The molecule has 0 saturated carbocycles. The summed E-state index contributed by atoms with van der Waals surface area (Å²) in [6.07, 6.45) is 53.4. The molecule has 14 nitrogen and oxygen atoms in total. The Bertz CT molecular complexity index is 1680. The van der Waals surface area contributed by atoms with Crippen molar-refractivity contribution >= 4 is 5.91 Å². The van der Waals surface area contributed by atoms with Crippen molar-refractivity contribution in [2.75, 3.05) is 19.8 Å². The number of carbonyl (C=O) groups is 1. The highest BCUT2D eigenvalue weighted by molar-refractivity contribution is 5.76. The average Bonchev–Trinajstić information content (AvgIpc) is 3.47. The van der Waals surface area contributed by atoms with E-state index in [9.17, 15) is 45.6 Å². The van der Waals surface area contributed by atoms with E-state index in [-0.39, 0.29) is 18.9 Å². The molecule has 2 rings (SSSR count). The van der Waals surface area contributed by atoms with Crippen LogP contribution in [0.2, 0.25) is 0 Å². The number of unbranched alkanes of at least 4 members (excludes halogenated alkanes) is 26. The maximum absolute atomic E-state index is 13.3. The summed E-state index contributed by atoms with van der Waals surface area (Å²) in [7, 11) is 0. The molecule has 0 radical (unpaired) electrons. The number of hydrogen-bond acceptors (Lipinski definition) is 13. The molecule has 2 heterocycles. The molecule has 0 aromatic rings. The molecule has 1 amide bonds. The summed E-state index contributed by atoms with van der Waals surface area (Å²) >= 11 is 0. The van der Waals surface area contributed by atoms with Crippen molar-refractivity contribution in [2.24, 2.45) is 0 Å². The van der Waals surface area contributed by atoms with Gasteiger partial charge in [0.25, 0.3) is 0 Å². The van der Waals surface area contributed by atoms with Crippen molar-refractivity contribution in [3.8, 4) is 0 Å². The molecule has 12 unspecified atom stereocenters. The number of nitrogens with one attached hydrogen (secondary N) is 1. The first kappa shape index (κ1) is 74.3. The number of ether oxygens (including phenoxy) is 4. The van der Waals surface area contributed by atoms with Crippen molar-refractivity contribution in [3.63, 3.8) is 0 Å². The monoisotopic (exact) mass is 1140 g/mol. The molecule has 12 atom stereocenters. The standard InChI is InChI=1S/C67H117NO13/c1-3-5-7-9-11-13-15-17-19-21-23-25-26-27-28-29-31-32-34-36-38-40-42-44-46-48-50-56(71)55(54-78-66-64(77)62(75)65(58(53-70)80-66)81-67-63(76)61(74)60(73)57(52-69)79-67)68-59(72)51-49-47-45-43-41-39-37-35-33-30-24-22-20-18-16-14-12-10-8-6-4-2/h6,8,12,14,18,20,24,30,35,37,40,42,48,50,55-58,60-67,69-71,73-77H,3-5,7,9-11,13,15-17,19,21-23,25-29,31-34,36,38-39,41,43-47,49,51-54H2,1-2H3,(H,68,72)/b8-6-,14-12-,20-18-,30-24-,37-35-,42-40+,50-48+. The summed E-state index contributed by atoms with van der Waals surface area (Å²) in [5.41, 5.74) is 0. The van der Waals surface area contributed by atoms with Gasteiger partial charge in [-0.1, -0.05) is 240 Å². The van der Waals surface area contributed by atoms with Gasteiger partial charge in [-0.3, -0.25) is 4.79 Å². The third-order valence-corrected chi connectivity index (χ3v) is 15.3. The fourth-order valence-electron chi connectivity index (χ4n) is 10.2. The van der Waals surface area contributed by atoms with Crippen molar-refractivity contribution in [1.82, 2.24) is 5.32 Å². The molecule has 0 aromatic heterocycles. The van der Waals surface area contributed by atoms with Crippen LogP contribution in [0.3, 0.4) is 0 Å². The third kappa shape index (κ3) is 36.6. The van der Waals surface area contributed by atoms with E-state index in [4.69, 9.17) is 18.9 Å². The molecule has 0 aromatic carbocycles. The second-order valence-electron chi connectivity index (χ2n) is 22.5. The number of aliphatic hydroxyl groups is 8. The second kappa shape index (κ2) is 51.6. The van der Waals surface area contributed by atoms with E-state index in [2.05, 4.69) is 92.1 Å². The van der Waals surface area contributed by atoms with Crippen LogP contribution < -0.4 is 5.32 Å². The zero-order valence-electron chi connectivity index (χ0n) is 50.5. The van der Waals surface area contributed by atoms with E-state index in [0.717, 1.165) is 77.0 Å². The van der Waals surface area contributed by atoms with Gasteiger partial charge in [0.15, 0.2) is 12.6 Å². The summed E-state index contributed by atoms with van der Waals surface area (Å²) in [6.45, 7) is 2.66. The van der Waals surface area contributed by atoms with E-state index < -0.39 is 86.8 Å². The van der Waals surface area contributed by atoms with Crippen LogP contribution in [-0.2, 0) is 23.7 Å². The van der Waals surface area contributed by atoms with Crippen molar-refractivity contribution in [2.45, 2.75) is 312 Å². The molecular formula is C67H117NO13. The smallest absolute Gasteiger partial charge is 0.220 e. The SMILES string of the molecule is CC/C=C\C/C=C\C/C=C\C/C=C\C/C=C\CCCCCCCC(=O)NC(COC1OC(CO)C(OC2OC(CO)C(O)C(O)C2O)C(O)C1O)C(O)/C=C/CC/C=C/CCCCCCCCCCCCCCCCCCCCCC. The Kier molecular flexibility index (Phi) is 47.3. The maximum atomic E-state index is 13.3. The Morgan fingerprint density at radius 2 is 0.864 bits per heavy atom. The van der Waals surface area contributed by atoms with Gasteiger partial charge < -0.3 is 65.1 Å². The summed E-state index contributed by atoms with van der Waals surface area (Å²) in [4.78, 5) is 13.3. The summed E-state index contributed by atoms with van der Waals surface area (Å²) in [6, 6.07) is -0.949. The molecule has 81 heavy (non-hydrogen) atoms. The van der Waals surface area contributed by atoms with Gasteiger partial charge in [0.1, 0.15) is 48.8 Å². The molecule has 0 aliphatic carbocycles. The molecule has 0 spiro atoms. The van der Waals surface area contributed by atoms with Gasteiger partial charge in [-0.25, -0.2) is 0 Å². The summed E-state index contributed by atoms with van der Waals surface area (Å²) in [5, 5.41) is 87.2. The number of carbonyl (C=O) groups excluding carboxylic acids is 1. The number of aliphatic hydroxyl groups excluding tert-OH is 8. The number of rotatable bonds is 51. The molecule has 0 bridgehead atoms. The molecule has 2 aliphatic heterocycles. The second-order valence-corrected chi connectivity index (χ2v) is 22.5. The quantitative estimate of drug-likeness (QED) is 0.0204. The largest absolute Gasteiger partial charge is 0.394 e. The van der Waals surface area contributed by atoms with Crippen LogP contribution >= 0.6 is 0 Å². The Labute approximate surface area is 491 Å². The lowest BCUT2D eigenvalue weighted by Crippen LogP contribution is -2.65. The molecular weight excluding hydrogens is 1030 g/mol. The first-order chi connectivity index (χ1) is 39.6. The molecule has 9 N–H and O–H groups in total. The van der Waals surface area contributed by atoms with Gasteiger partial charge in [0.2, 0.25) is 5.91 Å². The predicted molar refractivity (Wildman–Crippen MR) is 327 cm³/mol. The minimum atomic E-state index is -1.80. The Balaban J connectivity index is 1.76. The van der Waals surface area contributed by atoms with E-state index >= 15 is 0 Å². The van der Waals surface area contributed by atoms with E-state index in [1.807, 2.05) is 6.08 Å². The maximum Gasteiger partial charge on any atom is 0.220 e. The van der Waals surface area contributed by atoms with Crippen LogP contribution in [-0.4, -0.2) is 140 Å². The first-order valence-corrected chi connectivity index (χ1v) is 32.3. The van der Waals surface area contributed by atoms with Crippen LogP contribution in [0, 0.1) is 0 Å². The lowest BCUT2D eigenvalue weighted by atomic mass is 9.97. The highest BCUT2D eigenvalue weighted by atomic mass is 16.7. The van der Waals surface area contributed by atoms with Gasteiger partial charge in [-0.15, -0.1) is 0 Å². The zero-order chi connectivity index (χ0) is 58.8. The Morgan fingerprint density at radius 1 is 0.457 bits per heavy atom. The first-order valence-electron chi connectivity index (χ1n) is 32.3. The lowest BCUT2D eigenvalue weighted by Gasteiger charge is -2.46. The van der Waals surface area contributed by atoms with Gasteiger partial charge in [0, 0.05) is 6.42 Å². The minimum Gasteiger partial charge on any atom is -0.394 e. The predicted octanol–water partition coefficient (Wildman–Crippen LogP) is 12.1. The van der Waals surface area contributed by atoms with E-state index in [1.54, 1.807) is 6.08 Å². The number of hydrogen-bond donors (Lipinski definition) is 9. The molecule has 2 aliphatic rings. The minimum absolute atomic E-state index is 0.247. The fourth-order valence-corrected chi connectivity index (χ4v) is 10.2. The molecule has 14 heteroatoms. The van der Waals surface area contributed by atoms with Crippen LogP contribution in [0.5, 0.6) is 0 Å². The van der Waals surface area contributed by atoms with Gasteiger partial charge >= 0.3 is 0 Å². The normalized spacial score (nSPS) is 24.7. The lowest BCUT2D eigenvalue weighted by molar-refractivity contribution is -0.359. The fraction of sp³-hybridized carbons (Fsp3) is 0.776. The zero-order valence-corrected chi connectivity index (χ0v) is 50.5. The van der Waals surface area contributed by atoms with Crippen LogP contribution in [0.15, 0.2) is 85.1 Å². The van der Waals surface area contributed by atoms with Crippen LogP contribution in [0.25, 0.3) is 0 Å².